The molecule has 2 aromatic rings. The molecule has 0 radical (unpaired) electrons. The first-order valence-electron chi connectivity index (χ1n) is 16.9. The van der Waals surface area contributed by atoms with Crippen LogP contribution < -0.4 is 0 Å². The van der Waals surface area contributed by atoms with Crippen molar-refractivity contribution >= 4 is 17.5 Å². The lowest BCUT2D eigenvalue weighted by molar-refractivity contribution is -0.153. The standard InChI is InChI=1S/C37H50N2O8/c1-27-23-28(2)33(29(3)24-27)34-35(46-25-30-7-5-4-6-8-30)37(47-36(34)42)11-9-31(10-12-37)45-20-18-39-15-13-38(14-16-39)17-19-43-21-22-44-26-32(40)41/h4-8,23-24,31H,9-22,25-26H2,1-3H3,(H,40,41)/t31-,37+. The number of carbonyl (C=O) groups excluding carboxylic acids is 1. The highest BCUT2D eigenvalue weighted by Gasteiger charge is 2.52. The second kappa shape index (κ2) is 16.7. The minimum absolute atomic E-state index is 0.125. The van der Waals surface area contributed by atoms with Gasteiger partial charge in [0.15, 0.2) is 11.4 Å². The number of carboxylic acids is 1. The Bertz CT molecular complexity index is 1350. The highest BCUT2D eigenvalue weighted by atomic mass is 16.6. The van der Waals surface area contributed by atoms with E-state index in [2.05, 4.69) is 42.7 Å². The molecule has 5 rings (SSSR count). The number of piperazine rings is 1. The Morgan fingerprint density at radius 2 is 1.51 bits per heavy atom. The molecule has 0 atom stereocenters. The molecule has 10 nitrogen and oxygen atoms in total. The van der Waals surface area contributed by atoms with Gasteiger partial charge in [0, 0.05) is 39.3 Å². The van der Waals surface area contributed by atoms with E-state index in [0.717, 1.165) is 74.4 Å². The van der Waals surface area contributed by atoms with Gasteiger partial charge >= 0.3 is 11.9 Å². The normalized spacial score (nSPS) is 22.2. The van der Waals surface area contributed by atoms with Gasteiger partial charge in [-0.05, 0) is 68.7 Å². The molecule has 47 heavy (non-hydrogen) atoms. The Morgan fingerprint density at radius 1 is 0.894 bits per heavy atom. The summed E-state index contributed by atoms with van der Waals surface area (Å²) >= 11 is 0. The number of nitrogens with zero attached hydrogens (tertiary/aromatic N) is 2. The number of aryl methyl sites for hydroxylation is 3. The highest BCUT2D eigenvalue weighted by Crippen LogP contribution is 2.48. The number of carbonyl (C=O) groups is 2. The molecule has 3 aliphatic rings. The molecule has 0 unspecified atom stereocenters. The zero-order valence-corrected chi connectivity index (χ0v) is 28.1. The van der Waals surface area contributed by atoms with Crippen LogP contribution >= 0.6 is 0 Å². The molecule has 0 bridgehead atoms. The molecule has 256 valence electrons. The largest absolute Gasteiger partial charge is 0.488 e. The molecule has 1 aliphatic carbocycles. The number of ether oxygens (including phenoxy) is 5. The molecule has 2 heterocycles. The number of benzene rings is 2. The summed E-state index contributed by atoms with van der Waals surface area (Å²) in [5.41, 5.74) is 5.06. The smallest absolute Gasteiger partial charge is 0.343 e. The number of aliphatic carboxylic acids is 1. The van der Waals surface area contributed by atoms with Crippen LogP contribution in [0.4, 0.5) is 0 Å². The number of hydrogen-bond donors (Lipinski definition) is 1. The number of hydrogen-bond acceptors (Lipinski definition) is 9. The number of esters is 1. The van der Waals surface area contributed by atoms with E-state index in [0.29, 0.717) is 57.2 Å². The van der Waals surface area contributed by atoms with Gasteiger partial charge in [0.25, 0.3) is 0 Å². The van der Waals surface area contributed by atoms with Crippen LogP contribution in [0.1, 0.15) is 53.5 Å². The molecule has 1 saturated heterocycles. The molecule has 0 aromatic heterocycles. The van der Waals surface area contributed by atoms with Crippen LogP contribution in [0, 0.1) is 20.8 Å². The second-order valence-corrected chi connectivity index (χ2v) is 12.9. The highest BCUT2D eigenvalue weighted by molar-refractivity contribution is 6.20. The van der Waals surface area contributed by atoms with E-state index in [4.69, 9.17) is 28.8 Å². The Morgan fingerprint density at radius 3 is 2.15 bits per heavy atom. The van der Waals surface area contributed by atoms with Crippen molar-refractivity contribution in [3.8, 4) is 0 Å². The summed E-state index contributed by atoms with van der Waals surface area (Å²) in [5.74, 6) is -0.585. The fraction of sp³-hybridized carbons (Fsp3) is 0.568. The molecular weight excluding hydrogens is 600 g/mol. The van der Waals surface area contributed by atoms with Crippen molar-refractivity contribution in [1.82, 2.24) is 9.80 Å². The van der Waals surface area contributed by atoms with Crippen molar-refractivity contribution in [2.45, 2.75) is 64.8 Å². The van der Waals surface area contributed by atoms with Gasteiger partial charge in [-0.15, -0.1) is 0 Å². The van der Waals surface area contributed by atoms with Gasteiger partial charge in [0.1, 0.15) is 18.8 Å². The van der Waals surface area contributed by atoms with Crippen molar-refractivity contribution < 1.29 is 38.4 Å². The van der Waals surface area contributed by atoms with Gasteiger partial charge in [-0.2, -0.15) is 0 Å². The van der Waals surface area contributed by atoms with Gasteiger partial charge in [0.2, 0.25) is 0 Å². The third kappa shape index (κ3) is 9.42. The van der Waals surface area contributed by atoms with Gasteiger partial charge in [-0.3, -0.25) is 9.80 Å². The van der Waals surface area contributed by atoms with Gasteiger partial charge in [-0.1, -0.05) is 48.0 Å². The number of rotatable bonds is 16. The summed E-state index contributed by atoms with van der Waals surface area (Å²) in [5, 5.41) is 8.59. The summed E-state index contributed by atoms with van der Waals surface area (Å²) in [6.45, 7) is 14.0. The van der Waals surface area contributed by atoms with Gasteiger partial charge in [0.05, 0.1) is 32.5 Å². The molecule has 1 saturated carbocycles. The van der Waals surface area contributed by atoms with Crippen LogP contribution in [0.2, 0.25) is 0 Å². The first kappa shape index (κ1) is 35.0. The van der Waals surface area contributed by atoms with Crippen molar-refractivity contribution in [3.05, 3.63) is 76.0 Å². The summed E-state index contributed by atoms with van der Waals surface area (Å²) in [6.07, 6.45) is 3.08. The lowest BCUT2D eigenvalue weighted by Gasteiger charge is -2.38. The molecule has 0 amide bonds. The monoisotopic (exact) mass is 650 g/mol. The van der Waals surface area contributed by atoms with Gasteiger partial charge < -0.3 is 28.8 Å². The van der Waals surface area contributed by atoms with E-state index in [-0.39, 0.29) is 18.7 Å². The topological polar surface area (TPSA) is 107 Å². The molecule has 1 N–H and O–H groups in total. The zero-order chi connectivity index (χ0) is 33.2. The van der Waals surface area contributed by atoms with E-state index in [1.54, 1.807) is 0 Å². The zero-order valence-electron chi connectivity index (χ0n) is 28.1. The van der Waals surface area contributed by atoms with E-state index >= 15 is 0 Å². The van der Waals surface area contributed by atoms with E-state index in [1.165, 1.54) is 5.56 Å². The summed E-state index contributed by atoms with van der Waals surface area (Å²) < 4.78 is 29.8. The fourth-order valence-electron chi connectivity index (χ4n) is 7.03. The first-order chi connectivity index (χ1) is 22.7. The molecule has 2 aliphatic heterocycles. The molecule has 10 heteroatoms. The molecule has 1 spiro atoms. The molecular formula is C37H50N2O8. The van der Waals surface area contributed by atoms with Crippen LogP contribution in [-0.4, -0.2) is 111 Å². The second-order valence-electron chi connectivity index (χ2n) is 12.9. The predicted molar refractivity (Wildman–Crippen MR) is 178 cm³/mol. The Labute approximate surface area is 278 Å². The van der Waals surface area contributed by atoms with Crippen LogP contribution in [0.5, 0.6) is 0 Å². The lowest BCUT2D eigenvalue weighted by atomic mass is 9.80. The number of carboxylic acid groups (broad SMARTS) is 1. The van der Waals surface area contributed by atoms with Crippen LogP contribution in [0.3, 0.4) is 0 Å². The SMILES string of the molecule is Cc1cc(C)c(C2=C(OCc3ccccc3)[C@]3(CC[C@H](OCCN4CCN(CCOCCOCC(=O)O)CC4)CC3)OC2=O)c(C)c1. The quantitative estimate of drug-likeness (QED) is 0.206. The maximum absolute atomic E-state index is 13.6. The average molecular weight is 651 g/mol. The Kier molecular flexibility index (Phi) is 12.5. The summed E-state index contributed by atoms with van der Waals surface area (Å²) in [7, 11) is 0. The van der Waals surface area contributed by atoms with E-state index < -0.39 is 11.6 Å². The predicted octanol–water partition coefficient (Wildman–Crippen LogP) is 4.53. The van der Waals surface area contributed by atoms with Crippen molar-refractivity contribution in [1.29, 1.82) is 0 Å². The van der Waals surface area contributed by atoms with E-state index in [1.807, 2.05) is 30.3 Å². The lowest BCUT2D eigenvalue weighted by Crippen LogP contribution is -2.48. The minimum atomic E-state index is -0.967. The van der Waals surface area contributed by atoms with E-state index in [9.17, 15) is 9.59 Å². The minimum Gasteiger partial charge on any atom is -0.488 e. The maximum atomic E-state index is 13.6. The Hall–Kier alpha value is -3.28. The average Bonchev–Trinajstić information content (AvgIpc) is 3.30. The molecule has 2 fully saturated rings. The Balaban J connectivity index is 1.10. The third-order valence-electron chi connectivity index (χ3n) is 9.40. The third-order valence-corrected chi connectivity index (χ3v) is 9.40. The molecule has 2 aromatic carbocycles. The van der Waals surface area contributed by atoms with Crippen LogP contribution in [0.15, 0.2) is 48.2 Å². The summed E-state index contributed by atoms with van der Waals surface area (Å²) in [6, 6.07) is 14.3. The van der Waals surface area contributed by atoms with Crippen LogP contribution in [0.25, 0.3) is 5.57 Å². The maximum Gasteiger partial charge on any atom is 0.343 e. The van der Waals surface area contributed by atoms with Gasteiger partial charge in [-0.25, -0.2) is 9.59 Å². The van der Waals surface area contributed by atoms with Crippen LogP contribution in [-0.2, 0) is 39.9 Å². The fourth-order valence-corrected chi connectivity index (χ4v) is 7.03. The van der Waals surface area contributed by atoms with Crippen molar-refractivity contribution in [3.63, 3.8) is 0 Å². The van der Waals surface area contributed by atoms with Crippen molar-refractivity contribution in [2.24, 2.45) is 0 Å². The van der Waals surface area contributed by atoms with Crippen molar-refractivity contribution in [2.75, 3.05) is 72.3 Å². The first-order valence-corrected chi connectivity index (χ1v) is 16.9. The summed E-state index contributed by atoms with van der Waals surface area (Å²) in [4.78, 5) is 28.9.